The van der Waals surface area contributed by atoms with Crippen molar-refractivity contribution in [1.82, 2.24) is 9.97 Å². The fourth-order valence-corrected chi connectivity index (χ4v) is 3.01. The van der Waals surface area contributed by atoms with Gasteiger partial charge in [0.1, 0.15) is 5.82 Å². The molecule has 1 saturated heterocycles. The Morgan fingerprint density at radius 3 is 2.61 bits per heavy atom. The molecule has 0 aliphatic carbocycles. The third kappa shape index (κ3) is 3.94. The van der Waals surface area contributed by atoms with Crippen LogP contribution in [0.5, 0.6) is 0 Å². The van der Waals surface area contributed by atoms with Gasteiger partial charge < -0.3 is 10.2 Å². The normalized spacial score (nSPS) is 15.7. The fourth-order valence-electron chi connectivity index (χ4n) is 2.83. The van der Waals surface area contributed by atoms with Gasteiger partial charge in [-0.1, -0.05) is 24.6 Å². The Hall–Kier alpha value is -1.81. The van der Waals surface area contributed by atoms with Crippen LogP contribution in [0.1, 0.15) is 31.0 Å². The number of hydrogen-bond acceptors (Lipinski definition) is 4. The molecular weight excluding hydrogens is 308 g/mol. The Kier molecular flexibility index (Phi) is 4.71. The third-order valence-corrected chi connectivity index (χ3v) is 4.61. The molecule has 2 aromatic rings. The van der Waals surface area contributed by atoms with E-state index in [-0.39, 0.29) is 0 Å². The van der Waals surface area contributed by atoms with Gasteiger partial charge in [-0.05, 0) is 50.3 Å². The summed E-state index contributed by atoms with van der Waals surface area (Å²) in [5.74, 6) is 2.43. The first-order valence-corrected chi connectivity index (χ1v) is 8.53. The van der Waals surface area contributed by atoms with E-state index in [1.807, 2.05) is 31.2 Å². The van der Waals surface area contributed by atoms with Crippen LogP contribution < -0.4 is 10.2 Å². The fraction of sp³-hybridized carbons (Fsp3) is 0.444. The largest absolute Gasteiger partial charge is 0.341 e. The van der Waals surface area contributed by atoms with Crippen LogP contribution in [0.2, 0.25) is 5.02 Å². The Morgan fingerprint density at radius 1 is 1.13 bits per heavy atom. The number of nitrogens with zero attached hydrogens (tertiary/aromatic N) is 3. The van der Waals surface area contributed by atoms with E-state index < -0.39 is 0 Å². The van der Waals surface area contributed by atoms with Crippen LogP contribution >= 0.6 is 11.6 Å². The van der Waals surface area contributed by atoms with E-state index in [0.717, 1.165) is 47.7 Å². The van der Waals surface area contributed by atoms with Gasteiger partial charge in [-0.15, -0.1) is 0 Å². The molecule has 122 valence electrons. The number of piperidine rings is 1. The highest BCUT2D eigenvalue weighted by Crippen LogP contribution is 2.26. The molecule has 0 unspecified atom stereocenters. The molecule has 1 N–H and O–H groups in total. The highest BCUT2D eigenvalue weighted by atomic mass is 35.5. The van der Waals surface area contributed by atoms with E-state index in [1.165, 1.54) is 12.8 Å². The number of halogens is 1. The maximum absolute atomic E-state index is 6.10. The van der Waals surface area contributed by atoms with Gasteiger partial charge in [0, 0.05) is 35.6 Å². The number of anilines is 3. The second kappa shape index (κ2) is 6.75. The minimum atomic E-state index is 0.717. The molecule has 0 radical (unpaired) electrons. The first-order valence-electron chi connectivity index (χ1n) is 8.15. The summed E-state index contributed by atoms with van der Waals surface area (Å²) >= 11 is 6.10. The zero-order chi connectivity index (χ0) is 16.4. The number of nitrogens with one attached hydrogen (secondary N) is 1. The summed E-state index contributed by atoms with van der Waals surface area (Å²) < 4.78 is 0. The lowest BCUT2D eigenvalue weighted by Crippen LogP contribution is -2.34. The maximum Gasteiger partial charge on any atom is 0.227 e. The highest BCUT2D eigenvalue weighted by molar-refractivity contribution is 6.30. The van der Waals surface area contributed by atoms with E-state index >= 15 is 0 Å². The topological polar surface area (TPSA) is 41.1 Å². The molecule has 1 fully saturated rings. The Morgan fingerprint density at radius 2 is 1.87 bits per heavy atom. The lowest BCUT2D eigenvalue weighted by atomic mass is 10.00. The first-order chi connectivity index (χ1) is 11.0. The molecule has 1 aliphatic rings. The van der Waals surface area contributed by atoms with Gasteiger partial charge >= 0.3 is 0 Å². The monoisotopic (exact) mass is 330 g/mol. The summed E-state index contributed by atoms with van der Waals surface area (Å²) in [7, 11) is 0. The van der Waals surface area contributed by atoms with Gasteiger partial charge in [-0.25, -0.2) is 4.98 Å². The Balaban J connectivity index is 1.84. The Labute approximate surface area is 142 Å². The van der Waals surface area contributed by atoms with Crippen LogP contribution in [-0.2, 0) is 0 Å². The third-order valence-electron chi connectivity index (χ3n) is 4.37. The van der Waals surface area contributed by atoms with E-state index in [2.05, 4.69) is 29.0 Å². The standard InChI is InChI=1S/C18H23ClN4/c1-12-6-8-23(9-7-12)18-20-14(3)10-17(22-18)21-16-11-15(19)5-4-13(16)2/h4-5,10-12H,6-9H2,1-3H3,(H,20,21,22). The van der Waals surface area contributed by atoms with Crippen LogP contribution in [-0.4, -0.2) is 23.1 Å². The number of aryl methyl sites for hydroxylation is 2. The average Bonchev–Trinajstić information content (AvgIpc) is 2.51. The van der Waals surface area contributed by atoms with Crippen molar-refractivity contribution in [3.63, 3.8) is 0 Å². The van der Waals surface area contributed by atoms with Crippen LogP contribution in [0.15, 0.2) is 24.3 Å². The maximum atomic E-state index is 6.10. The van der Waals surface area contributed by atoms with E-state index in [9.17, 15) is 0 Å². The summed E-state index contributed by atoms with van der Waals surface area (Å²) in [5.41, 5.74) is 3.09. The van der Waals surface area contributed by atoms with E-state index in [0.29, 0.717) is 5.02 Å². The summed E-state index contributed by atoms with van der Waals surface area (Å²) in [6.07, 6.45) is 2.40. The lowest BCUT2D eigenvalue weighted by molar-refractivity contribution is 0.434. The molecule has 3 rings (SSSR count). The van der Waals surface area contributed by atoms with Gasteiger partial charge in [0.2, 0.25) is 5.95 Å². The predicted molar refractivity (Wildman–Crippen MR) is 96.9 cm³/mol. The first kappa shape index (κ1) is 16.1. The molecule has 4 nitrogen and oxygen atoms in total. The average molecular weight is 331 g/mol. The molecule has 23 heavy (non-hydrogen) atoms. The van der Waals surface area contributed by atoms with Crippen molar-refractivity contribution in [3.8, 4) is 0 Å². The molecule has 0 bridgehead atoms. The molecule has 0 amide bonds. The summed E-state index contributed by atoms with van der Waals surface area (Å²) in [5, 5.41) is 4.10. The number of aromatic nitrogens is 2. The molecule has 1 aromatic heterocycles. The molecule has 0 spiro atoms. The van der Waals surface area contributed by atoms with Gasteiger partial charge in [-0.3, -0.25) is 0 Å². The minimum absolute atomic E-state index is 0.717. The predicted octanol–water partition coefficient (Wildman–Crippen LogP) is 4.73. The summed E-state index contributed by atoms with van der Waals surface area (Å²) in [6, 6.07) is 7.80. The molecular formula is C18H23ClN4. The molecule has 2 heterocycles. The van der Waals surface area contributed by atoms with Crippen molar-refractivity contribution in [2.75, 3.05) is 23.3 Å². The number of hydrogen-bond donors (Lipinski definition) is 1. The molecule has 5 heteroatoms. The quantitative estimate of drug-likeness (QED) is 0.883. The van der Waals surface area contributed by atoms with Gasteiger partial charge in [0.25, 0.3) is 0 Å². The van der Waals surface area contributed by atoms with Crippen molar-refractivity contribution in [1.29, 1.82) is 0 Å². The van der Waals surface area contributed by atoms with Crippen molar-refractivity contribution in [2.24, 2.45) is 5.92 Å². The SMILES string of the molecule is Cc1cc(Nc2cc(Cl)ccc2C)nc(N2CCC(C)CC2)n1. The smallest absolute Gasteiger partial charge is 0.227 e. The van der Waals surface area contributed by atoms with Gasteiger partial charge in [0.05, 0.1) is 0 Å². The van der Waals surface area contributed by atoms with Crippen LogP contribution in [0.3, 0.4) is 0 Å². The Bertz CT molecular complexity index is 693. The zero-order valence-corrected chi connectivity index (χ0v) is 14.7. The highest BCUT2D eigenvalue weighted by Gasteiger charge is 2.18. The number of rotatable bonds is 3. The molecule has 1 aromatic carbocycles. The molecule has 0 atom stereocenters. The number of benzene rings is 1. The molecule has 0 saturated carbocycles. The van der Waals surface area contributed by atoms with Gasteiger partial charge in [-0.2, -0.15) is 4.98 Å². The van der Waals surface area contributed by atoms with Crippen LogP contribution in [0.25, 0.3) is 0 Å². The zero-order valence-electron chi connectivity index (χ0n) is 13.9. The summed E-state index contributed by atoms with van der Waals surface area (Å²) in [4.78, 5) is 11.6. The van der Waals surface area contributed by atoms with E-state index in [4.69, 9.17) is 16.6 Å². The molecule has 1 aliphatic heterocycles. The lowest BCUT2D eigenvalue weighted by Gasteiger charge is -2.30. The second-order valence-corrected chi connectivity index (χ2v) is 6.88. The van der Waals surface area contributed by atoms with Crippen LogP contribution in [0.4, 0.5) is 17.5 Å². The van der Waals surface area contributed by atoms with E-state index in [1.54, 1.807) is 0 Å². The van der Waals surface area contributed by atoms with Gasteiger partial charge in [0.15, 0.2) is 0 Å². The second-order valence-electron chi connectivity index (χ2n) is 6.45. The van der Waals surface area contributed by atoms with Crippen molar-refractivity contribution in [3.05, 3.63) is 40.5 Å². The van der Waals surface area contributed by atoms with Crippen molar-refractivity contribution in [2.45, 2.75) is 33.6 Å². The van der Waals surface area contributed by atoms with Crippen molar-refractivity contribution < 1.29 is 0 Å². The van der Waals surface area contributed by atoms with Crippen molar-refractivity contribution >= 4 is 29.1 Å². The minimum Gasteiger partial charge on any atom is -0.341 e. The van der Waals surface area contributed by atoms with Crippen LogP contribution in [0, 0.1) is 19.8 Å². The summed E-state index contributed by atoms with van der Waals surface area (Å²) in [6.45, 7) is 8.43.